The van der Waals surface area contributed by atoms with Crippen LogP contribution in [0.4, 0.5) is 5.69 Å². The molecule has 0 atom stereocenters. The van der Waals surface area contributed by atoms with E-state index in [0.717, 1.165) is 5.69 Å². The van der Waals surface area contributed by atoms with E-state index in [9.17, 15) is 0 Å². The molecule has 1 aromatic carbocycles. The number of nitrogens with two attached hydrogens (primary N) is 1. The Hall–Kier alpha value is 0.200. The van der Waals surface area contributed by atoms with Crippen LogP contribution in [0.1, 0.15) is 1.43 Å². The van der Waals surface area contributed by atoms with Crippen molar-refractivity contribution in [3.8, 4) is 0 Å². The zero-order chi connectivity index (χ0) is 8.27. The summed E-state index contributed by atoms with van der Waals surface area (Å²) < 4.78 is 0. The van der Waals surface area contributed by atoms with Crippen LogP contribution in [-0.4, -0.2) is 5.11 Å². The molecule has 0 fully saturated rings. The van der Waals surface area contributed by atoms with Crippen molar-refractivity contribution in [1.29, 1.82) is 0 Å². The second-order valence-corrected chi connectivity index (χ2v) is 2.82. The van der Waals surface area contributed by atoms with Crippen molar-refractivity contribution in [2.75, 3.05) is 5.32 Å². The Morgan fingerprint density at radius 2 is 2.08 bits per heavy atom. The Bertz CT molecular complexity index is 285. The molecule has 0 unspecified atom stereocenters. The van der Waals surface area contributed by atoms with E-state index in [-0.39, 0.29) is 36.1 Å². The van der Waals surface area contributed by atoms with Gasteiger partial charge in [0.05, 0.1) is 10.7 Å². The molecule has 0 amide bonds. The van der Waals surface area contributed by atoms with Crippen molar-refractivity contribution >= 4 is 34.6 Å². The summed E-state index contributed by atoms with van der Waals surface area (Å²) in [6.07, 6.45) is 0. The standard InChI is InChI=1S/C7H7ClN2S.Na.H/c8-5-3-1-2-4-6(5)10-7(9)11;;/h1-4H,(H3,9,10,11);;/q;+1;-1. The normalized spacial score (nSPS) is 8.42. The SMILES string of the molecule is NC(=S)Nc1ccccc1Cl.[H-].[Na+]. The van der Waals surface area contributed by atoms with Gasteiger partial charge in [0.25, 0.3) is 0 Å². The molecule has 0 radical (unpaired) electrons. The first kappa shape index (κ1) is 12.2. The Morgan fingerprint density at radius 1 is 1.50 bits per heavy atom. The zero-order valence-corrected chi connectivity index (χ0v) is 10.2. The minimum atomic E-state index is 0. The van der Waals surface area contributed by atoms with Crippen LogP contribution in [0.2, 0.25) is 5.02 Å². The van der Waals surface area contributed by atoms with Gasteiger partial charge in [-0.05, 0) is 24.4 Å². The number of rotatable bonds is 1. The molecule has 0 aliphatic carbocycles. The second-order valence-electron chi connectivity index (χ2n) is 1.97. The molecular weight excluding hydrogens is 203 g/mol. The van der Waals surface area contributed by atoms with Gasteiger partial charge in [-0.25, -0.2) is 0 Å². The van der Waals surface area contributed by atoms with Gasteiger partial charge in [-0.2, -0.15) is 0 Å². The van der Waals surface area contributed by atoms with Crippen LogP contribution < -0.4 is 40.6 Å². The van der Waals surface area contributed by atoms with Gasteiger partial charge >= 0.3 is 29.6 Å². The molecule has 0 heterocycles. The van der Waals surface area contributed by atoms with Crippen molar-refractivity contribution in [2.24, 2.45) is 5.73 Å². The van der Waals surface area contributed by atoms with Gasteiger partial charge in [-0.1, -0.05) is 23.7 Å². The fourth-order valence-corrected chi connectivity index (χ4v) is 0.988. The first-order valence-corrected chi connectivity index (χ1v) is 3.80. The van der Waals surface area contributed by atoms with Crippen LogP contribution in [0.3, 0.4) is 0 Å². The molecule has 0 bridgehead atoms. The van der Waals surface area contributed by atoms with Crippen LogP contribution in [0.25, 0.3) is 0 Å². The summed E-state index contributed by atoms with van der Waals surface area (Å²) >= 11 is 10.4. The van der Waals surface area contributed by atoms with Gasteiger partial charge < -0.3 is 12.5 Å². The van der Waals surface area contributed by atoms with E-state index in [0.29, 0.717) is 5.02 Å². The Kier molecular flexibility index (Phi) is 5.88. The number of benzene rings is 1. The van der Waals surface area contributed by atoms with Gasteiger partial charge in [0.1, 0.15) is 0 Å². The minimum absolute atomic E-state index is 0. The summed E-state index contributed by atoms with van der Waals surface area (Å²) in [7, 11) is 0. The third-order valence-electron chi connectivity index (χ3n) is 1.13. The molecule has 5 heteroatoms. The van der Waals surface area contributed by atoms with Gasteiger partial charge in [0.2, 0.25) is 0 Å². The molecule has 0 saturated carbocycles. The van der Waals surface area contributed by atoms with Gasteiger partial charge in [0.15, 0.2) is 5.11 Å². The smallest absolute Gasteiger partial charge is 1.00 e. The van der Waals surface area contributed by atoms with E-state index >= 15 is 0 Å². The number of nitrogens with one attached hydrogen (secondary N) is 1. The number of anilines is 1. The fraction of sp³-hybridized carbons (Fsp3) is 0. The Morgan fingerprint density at radius 3 is 2.58 bits per heavy atom. The molecule has 0 spiro atoms. The Balaban J connectivity index is 0. The quantitative estimate of drug-likeness (QED) is 0.467. The van der Waals surface area contributed by atoms with Gasteiger partial charge in [0, 0.05) is 0 Å². The number of hydrogen-bond donors (Lipinski definition) is 2. The predicted molar refractivity (Wildman–Crippen MR) is 53.0 cm³/mol. The number of halogens is 1. The average molecular weight is 211 g/mol. The van der Waals surface area contributed by atoms with E-state index in [2.05, 4.69) is 17.5 Å². The van der Waals surface area contributed by atoms with Gasteiger partial charge in [-0.15, -0.1) is 0 Å². The first-order chi connectivity index (χ1) is 5.20. The molecule has 1 rings (SSSR count). The molecule has 2 nitrogen and oxygen atoms in total. The van der Waals surface area contributed by atoms with Gasteiger partial charge in [-0.3, -0.25) is 0 Å². The summed E-state index contributed by atoms with van der Waals surface area (Å²) in [5, 5.41) is 3.58. The van der Waals surface area contributed by atoms with E-state index in [4.69, 9.17) is 17.3 Å². The third kappa shape index (κ3) is 3.74. The molecule has 1 aromatic rings. The molecule has 0 aliphatic heterocycles. The molecule has 0 saturated heterocycles. The summed E-state index contributed by atoms with van der Waals surface area (Å²) in [6.45, 7) is 0. The first-order valence-electron chi connectivity index (χ1n) is 3.01. The average Bonchev–Trinajstić information content (AvgIpc) is 1.93. The number of para-hydroxylation sites is 1. The largest absolute Gasteiger partial charge is 1.00 e. The predicted octanol–water partition coefficient (Wildman–Crippen LogP) is -0.888. The summed E-state index contributed by atoms with van der Waals surface area (Å²) in [4.78, 5) is 0. The van der Waals surface area contributed by atoms with Crippen molar-refractivity contribution < 1.29 is 31.0 Å². The van der Waals surface area contributed by atoms with Crippen LogP contribution in [0, 0.1) is 0 Å². The summed E-state index contributed by atoms with van der Waals surface area (Å²) in [5.74, 6) is 0. The number of thiocarbonyl (C=S) groups is 1. The fourth-order valence-electron chi connectivity index (χ4n) is 0.695. The zero-order valence-electron chi connectivity index (χ0n) is 7.67. The van der Waals surface area contributed by atoms with Crippen LogP contribution >= 0.6 is 23.8 Å². The summed E-state index contributed by atoms with van der Waals surface area (Å²) in [5.41, 5.74) is 5.99. The summed E-state index contributed by atoms with van der Waals surface area (Å²) in [6, 6.07) is 7.27. The van der Waals surface area contributed by atoms with Crippen LogP contribution in [0.15, 0.2) is 24.3 Å². The van der Waals surface area contributed by atoms with E-state index in [1.165, 1.54) is 0 Å². The van der Waals surface area contributed by atoms with Crippen molar-refractivity contribution in [3.05, 3.63) is 29.3 Å². The van der Waals surface area contributed by atoms with E-state index in [1.807, 2.05) is 18.2 Å². The maximum atomic E-state index is 5.79. The number of hydrogen-bond acceptors (Lipinski definition) is 1. The van der Waals surface area contributed by atoms with Crippen LogP contribution in [0.5, 0.6) is 0 Å². The maximum Gasteiger partial charge on any atom is 1.00 e. The molecule has 12 heavy (non-hydrogen) atoms. The molecular formula is C7H8ClN2NaS. The van der Waals surface area contributed by atoms with Crippen molar-refractivity contribution in [1.82, 2.24) is 0 Å². The molecule has 3 N–H and O–H groups in total. The Labute approximate surface area is 105 Å². The maximum absolute atomic E-state index is 5.79. The van der Waals surface area contributed by atoms with E-state index in [1.54, 1.807) is 6.07 Å². The third-order valence-corrected chi connectivity index (χ3v) is 1.56. The minimum Gasteiger partial charge on any atom is -1.00 e. The van der Waals surface area contributed by atoms with Crippen molar-refractivity contribution in [2.45, 2.75) is 0 Å². The van der Waals surface area contributed by atoms with Crippen molar-refractivity contribution in [3.63, 3.8) is 0 Å². The molecule has 0 aromatic heterocycles. The second kappa shape index (κ2) is 5.78. The molecule has 60 valence electrons. The topological polar surface area (TPSA) is 38.0 Å². The monoisotopic (exact) mass is 210 g/mol. The molecule has 0 aliphatic rings. The van der Waals surface area contributed by atoms with Crippen LogP contribution in [-0.2, 0) is 0 Å². The van der Waals surface area contributed by atoms with E-state index < -0.39 is 0 Å².